The van der Waals surface area contributed by atoms with Crippen LogP contribution in [-0.4, -0.2) is 15.0 Å². The van der Waals surface area contributed by atoms with Gasteiger partial charge in [-0.15, -0.1) is 0 Å². The largest absolute Gasteiger partial charge is 0.332 e. The Kier molecular flexibility index (Phi) is 1.56. The summed E-state index contributed by atoms with van der Waals surface area (Å²) in [7, 11) is 0. The number of aryl methyl sites for hydroxylation is 1. The second-order valence-corrected chi connectivity index (χ2v) is 3.37. The number of halogens is 1. The number of imidazole rings is 1. The highest BCUT2D eigenvalue weighted by Crippen LogP contribution is 2.10. The maximum atomic E-state index is 4.25. The summed E-state index contributed by atoms with van der Waals surface area (Å²) in [5, 5.41) is 0. The lowest BCUT2D eigenvalue weighted by atomic mass is 10.4. The molecule has 2 aromatic rings. The summed E-state index contributed by atoms with van der Waals surface area (Å²) in [6, 6.07) is 3.96. The summed E-state index contributed by atoms with van der Waals surface area (Å²) >= 11 is 2.14. The summed E-state index contributed by atoms with van der Waals surface area (Å²) in [6.45, 7) is 1.96. The first kappa shape index (κ1) is 7.02. The molecular weight excluding hydrogens is 253 g/mol. The van der Waals surface area contributed by atoms with Crippen LogP contribution >= 0.6 is 22.6 Å². The van der Waals surface area contributed by atoms with Gasteiger partial charge in [0.15, 0.2) is 9.48 Å². The molecule has 0 spiro atoms. The molecule has 0 fully saturated rings. The van der Waals surface area contributed by atoms with E-state index in [1.807, 2.05) is 19.1 Å². The lowest BCUT2D eigenvalue weighted by Crippen LogP contribution is -1.80. The second kappa shape index (κ2) is 2.44. The fraction of sp³-hybridized carbons (Fsp3) is 0.143. The van der Waals surface area contributed by atoms with Crippen LogP contribution in [0.15, 0.2) is 12.1 Å². The molecule has 0 aliphatic heterocycles. The number of fused-ring (bicyclic) bond motifs is 1. The molecule has 0 unspecified atom stereocenters. The molecule has 0 aliphatic rings. The van der Waals surface area contributed by atoms with E-state index in [-0.39, 0.29) is 0 Å². The molecule has 56 valence electrons. The van der Waals surface area contributed by atoms with E-state index in [0.29, 0.717) is 0 Å². The zero-order chi connectivity index (χ0) is 7.84. The Labute approximate surface area is 77.4 Å². The minimum atomic E-state index is 0.800. The van der Waals surface area contributed by atoms with Gasteiger partial charge >= 0.3 is 0 Å². The van der Waals surface area contributed by atoms with Crippen molar-refractivity contribution < 1.29 is 0 Å². The fourth-order valence-corrected chi connectivity index (χ4v) is 1.48. The first-order valence-corrected chi connectivity index (χ1v) is 4.32. The third-order valence-corrected chi connectivity index (χ3v) is 1.97. The maximum Gasteiger partial charge on any atom is 0.178 e. The average molecular weight is 259 g/mol. The minimum absolute atomic E-state index is 0.800. The number of rotatable bonds is 0. The first-order chi connectivity index (χ1) is 5.25. The Hall–Kier alpha value is -0.650. The van der Waals surface area contributed by atoms with Gasteiger partial charge < -0.3 is 4.98 Å². The van der Waals surface area contributed by atoms with Crippen molar-refractivity contribution >= 4 is 33.8 Å². The second-order valence-electron chi connectivity index (χ2n) is 2.35. The SMILES string of the molecule is Cc1ccc2[nH]c(I)nc2n1. The first-order valence-electron chi connectivity index (χ1n) is 3.24. The topological polar surface area (TPSA) is 41.6 Å². The van der Waals surface area contributed by atoms with Gasteiger partial charge in [0.05, 0.1) is 5.52 Å². The van der Waals surface area contributed by atoms with Crippen LogP contribution in [0.4, 0.5) is 0 Å². The van der Waals surface area contributed by atoms with Gasteiger partial charge in [0, 0.05) is 5.69 Å². The lowest BCUT2D eigenvalue weighted by molar-refractivity contribution is 1.20. The molecule has 0 amide bonds. The summed E-state index contributed by atoms with van der Waals surface area (Å²) < 4.78 is 0.885. The Bertz CT molecular complexity index is 393. The number of pyridine rings is 1. The van der Waals surface area contributed by atoms with Crippen LogP contribution in [-0.2, 0) is 0 Å². The van der Waals surface area contributed by atoms with Crippen molar-refractivity contribution in [2.24, 2.45) is 0 Å². The number of nitrogens with one attached hydrogen (secondary N) is 1. The van der Waals surface area contributed by atoms with Crippen molar-refractivity contribution in [1.82, 2.24) is 15.0 Å². The number of aromatic nitrogens is 3. The molecule has 0 saturated heterocycles. The third kappa shape index (κ3) is 1.22. The van der Waals surface area contributed by atoms with Gasteiger partial charge in [-0.25, -0.2) is 9.97 Å². The Morgan fingerprint density at radius 2 is 2.18 bits per heavy atom. The van der Waals surface area contributed by atoms with Gasteiger partial charge in [0.2, 0.25) is 0 Å². The Balaban J connectivity index is 2.82. The van der Waals surface area contributed by atoms with Crippen molar-refractivity contribution in [3.63, 3.8) is 0 Å². The van der Waals surface area contributed by atoms with Crippen LogP contribution in [0.5, 0.6) is 0 Å². The van der Waals surface area contributed by atoms with Crippen molar-refractivity contribution in [2.75, 3.05) is 0 Å². The van der Waals surface area contributed by atoms with Crippen molar-refractivity contribution in [2.45, 2.75) is 6.92 Å². The minimum Gasteiger partial charge on any atom is -0.332 e. The van der Waals surface area contributed by atoms with Crippen molar-refractivity contribution in [3.8, 4) is 0 Å². The maximum absolute atomic E-state index is 4.25. The van der Waals surface area contributed by atoms with Gasteiger partial charge in [0.1, 0.15) is 0 Å². The van der Waals surface area contributed by atoms with Gasteiger partial charge in [-0.05, 0) is 41.6 Å². The van der Waals surface area contributed by atoms with Crippen LogP contribution in [0.2, 0.25) is 0 Å². The molecule has 0 aromatic carbocycles. The third-order valence-electron chi connectivity index (χ3n) is 1.46. The van der Waals surface area contributed by atoms with Gasteiger partial charge in [-0.2, -0.15) is 0 Å². The van der Waals surface area contributed by atoms with E-state index in [1.54, 1.807) is 0 Å². The molecule has 0 atom stereocenters. The Morgan fingerprint density at radius 3 is 3.00 bits per heavy atom. The monoisotopic (exact) mass is 259 g/mol. The van der Waals surface area contributed by atoms with Crippen molar-refractivity contribution in [1.29, 1.82) is 0 Å². The normalized spacial score (nSPS) is 10.7. The van der Waals surface area contributed by atoms with Crippen LogP contribution in [0.25, 0.3) is 11.2 Å². The number of nitrogens with zero attached hydrogens (tertiary/aromatic N) is 2. The molecule has 0 bridgehead atoms. The molecule has 0 aliphatic carbocycles. The van der Waals surface area contributed by atoms with Gasteiger partial charge in [0.25, 0.3) is 0 Å². The van der Waals surface area contributed by atoms with Gasteiger partial charge in [-0.1, -0.05) is 0 Å². The summed E-state index contributed by atoms with van der Waals surface area (Å²) in [5.74, 6) is 0. The van der Waals surface area contributed by atoms with E-state index in [9.17, 15) is 0 Å². The molecule has 3 nitrogen and oxygen atoms in total. The number of H-pyrrole nitrogens is 1. The van der Waals surface area contributed by atoms with Crippen LogP contribution in [0.3, 0.4) is 0 Å². The standard InChI is InChI=1S/C7H6IN3/c1-4-2-3-5-6(9-4)11-7(8)10-5/h2-3H,1H3,(H,9,10,11). The number of hydrogen-bond acceptors (Lipinski definition) is 2. The molecule has 0 saturated carbocycles. The highest BCUT2D eigenvalue weighted by Gasteiger charge is 1.99. The highest BCUT2D eigenvalue weighted by atomic mass is 127. The Morgan fingerprint density at radius 1 is 1.36 bits per heavy atom. The van der Waals surface area contributed by atoms with Crippen LogP contribution < -0.4 is 0 Å². The molecule has 2 rings (SSSR count). The van der Waals surface area contributed by atoms with Crippen LogP contribution in [0.1, 0.15) is 5.69 Å². The fourth-order valence-electron chi connectivity index (χ4n) is 0.958. The quantitative estimate of drug-likeness (QED) is 0.734. The highest BCUT2D eigenvalue weighted by molar-refractivity contribution is 14.1. The zero-order valence-electron chi connectivity index (χ0n) is 5.93. The molecule has 11 heavy (non-hydrogen) atoms. The average Bonchev–Trinajstić information content (AvgIpc) is 2.27. The summed E-state index contributed by atoms with van der Waals surface area (Å²) in [6.07, 6.45) is 0. The molecule has 1 N–H and O–H groups in total. The molecule has 0 radical (unpaired) electrons. The van der Waals surface area contributed by atoms with Crippen molar-refractivity contribution in [3.05, 3.63) is 21.7 Å². The lowest BCUT2D eigenvalue weighted by Gasteiger charge is -1.88. The van der Waals surface area contributed by atoms with E-state index < -0.39 is 0 Å². The number of hydrogen-bond donors (Lipinski definition) is 1. The van der Waals surface area contributed by atoms with Gasteiger partial charge in [-0.3, -0.25) is 0 Å². The van der Waals surface area contributed by atoms with Crippen LogP contribution in [0, 0.1) is 10.8 Å². The summed E-state index contributed by atoms with van der Waals surface area (Å²) in [4.78, 5) is 11.5. The van der Waals surface area contributed by atoms with E-state index >= 15 is 0 Å². The number of aromatic amines is 1. The predicted octanol–water partition coefficient (Wildman–Crippen LogP) is 1.87. The smallest absolute Gasteiger partial charge is 0.178 e. The van der Waals surface area contributed by atoms with E-state index in [1.165, 1.54) is 0 Å². The molecular formula is C7H6IN3. The van der Waals surface area contributed by atoms with E-state index in [2.05, 4.69) is 37.5 Å². The molecule has 4 heteroatoms. The summed E-state index contributed by atoms with van der Waals surface area (Å²) in [5.41, 5.74) is 2.80. The predicted molar refractivity (Wildman–Crippen MR) is 51.3 cm³/mol. The van der Waals surface area contributed by atoms with E-state index in [0.717, 1.165) is 20.7 Å². The zero-order valence-corrected chi connectivity index (χ0v) is 8.08. The molecule has 2 aromatic heterocycles. The van der Waals surface area contributed by atoms with E-state index in [4.69, 9.17) is 0 Å². The molecule has 2 heterocycles.